The fourth-order valence-corrected chi connectivity index (χ4v) is 9.14. The zero-order valence-electron chi connectivity index (χ0n) is 30.4. The highest BCUT2D eigenvalue weighted by Crippen LogP contribution is 2.45. The molecule has 56 heavy (non-hydrogen) atoms. The van der Waals surface area contributed by atoms with Crippen molar-refractivity contribution in [3.63, 3.8) is 0 Å². The number of nitriles is 2. The first-order valence-corrected chi connectivity index (χ1v) is 18.9. The van der Waals surface area contributed by atoms with Crippen LogP contribution in [0, 0.1) is 34.5 Å². The van der Waals surface area contributed by atoms with Crippen LogP contribution >= 0.6 is 0 Å². The van der Waals surface area contributed by atoms with Gasteiger partial charge < -0.3 is 50.8 Å². The number of aromatic nitrogens is 6. The van der Waals surface area contributed by atoms with Crippen LogP contribution in [0.5, 0.6) is 0 Å². The molecule has 2 aliphatic heterocycles. The van der Waals surface area contributed by atoms with Crippen LogP contribution < -0.4 is 11.5 Å². The molecule has 8 N–H and O–H groups in total. The predicted molar refractivity (Wildman–Crippen MR) is 191 cm³/mol. The summed E-state index contributed by atoms with van der Waals surface area (Å²) in [5.74, 6) is 0.596. The van der Waals surface area contributed by atoms with Crippen molar-refractivity contribution in [3.05, 3.63) is 48.3 Å². The molecule has 2 aliphatic carbocycles. The lowest BCUT2D eigenvalue weighted by atomic mass is 9.82. The molecule has 8 rings (SSSR count). The second-order valence-electron chi connectivity index (χ2n) is 15.4. The summed E-state index contributed by atoms with van der Waals surface area (Å²) in [6.45, 7) is 0. The summed E-state index contributed by atoms with van der Waals surface area (Å²) in [6.07, 6.45) is -0.347. The summed E-state index contributed by atoms with van der Waals surface area (Å²) in [5, 5.41) is 72.9. The van der Waals surface area contributed by atoms with Crippen molar-refractivity contribution in [2.75, 3.05) is 11.5 Å². The quantitative estimate of drug-likeness (QED) is 0.138. The predicted octanol–water partition coefficient (Wildman–Crippen LogP) is 1.37. The highest BCUT2D eigenvalue weighted by molar-refractivity contribution is 5.67. The zero-order valence-corrected chi connectivity index (χ0v) is 30.4. The molecule has 0 spiro atoms. The van der Waals surface area contributed by atoms with E-state index in [-0.39, 0.29) is 47.1 Å². The van der Waals surface area contributed by atoms with Crippen molar-refractivity contribution in [2.45, 2.75) is 124 Å². The Labute approximate surface area is 320 Å². The number of rotatable bonds is 8. The van der Waals surface area contributed by atoms with E-state index in [0.29, 0.717) is 75.2 Å². The van der Waals surface area contributed by atoms with Crippen molar-refractivity contribution >= 4 is 28.8 Å². The minimum Gasteiger partial charge on any atom is -0.431 e. The molecule has 8 atom stereocenters. The summed E-state index contributed by atoms with van der Waals surface area (Å²) >= 11 is 0. The number of carbonyl (C=O) groups excluding carboxylic acids is 1. The Balaban J connectivity index is 0.789. The van der Waals surface area contributed by atoms with Crippen LogP contribution in [-0.4, -0.2) is 105 Å². The molecule has 0 aromatic carbocycles. The second-order valence-corrected chi connectivity index (χ2v) is 15.4. The van der Waals surface area contributed by atoms with Gasteiger partial charge in [0, 0.05) is 0 Å². The monoisotopic (exact) mass is 772 g/mol. The average molecular weight is 773 g/mol. The Morgan fingerprint density at radius 1 is 0.714 bits per heavy atom. The van der Waals surface area contributed by atoms with Gasteiger partial charge in [-0.15, -0.1) is 0 Å². The SMILES string of the molecule is N#C[C@@]1(c2ccc3c(N)ncnn23)O[C@H](CC2CCC(OC(=O)OC3CCC(C[C@H]4O[C@@](C#N)(c5ccc6c(N)ncnn56)[C@H](O)[C@@H]4O)CC3)CC2)[C@@H](O)[C@H]1O. The van der Waals surface area contributed by atoms with Crippen LogP contribution in [0.15, 0.2) is 36.9 Å². The number of nitrogens with zero attached hydrogens (tertiary/aromatic N) is 8. The van der Waals surface area contributed by atoms with Crippen molar-refractivity contribution in [1.29, 1.82) is 10.5 Å². The van der Waals surface area contributed by atoms with Gasteiger partial charge in [-0.25, -0.2) is 23.8 Å². The Bertz CT molecular complexity index is 2020. The molecule has 19 nitrogen and oxygen atoms in total. The van der Waals surface area contributed by atoms with E-state index in [1.54, 1.807) is 24.3 Å². The van der Waals surface area contributed by atoms with E-state index in [2.05, 4.69) is 32.3 Å². The van der Waals surface area contributed by atoms with E-state index >= 15 is 0 Å². The van der Waals surface area contributed by atoms with E-state index in [9.17, 15) is 35.7 Å². The molecule has 0 amide bonds. The number of aliphatic hydroxyl groups excluding tert-OH is 4. The number of aliphatic hydroxyl groups is 4. The molecule has 4 fully saturated rings. The summed E-state index contributed by atoms with van der Waals surface area (Å²) in [7, 11) is 0. The third-order valence-corrected chi connectivity index (χ3v) is 12.2. The van der Waals surface area contributed by atoms with Crippen LogP contribution in [0.2, 0.25) is 0 Å². The number of nitrogens with two attached hydrogens (primary N) is 2. The maximum atomic E-state index is 12.8. The number of hydrogen-bond acceptors (Lipinski definition) is 17. The highest BCUT2D eigenvalue weighted by Gasteiger charge is 2.59. The normalized spacial score (nSPS) is 36.0. The molecule has 2 saturated heterocycles. The van der Waals surface area contributed by atoms with Crippen LogP contribution in [0.1, 0.15) is 75.6 Å². The smallest absolute Gasteiger partial charge is 0.431 e. The highest BCUT2D eigenvalue weighted by atomic mass is 16.7. The largest absolute Gasteiger partial charge is 0.508 e. The van der Waals surface area contributed by atoms with Gasteiger partial charge in [0.2, 0.25) is 11.2 Å². The van der Waals surface area contributed by atoms with E-state index < -0.39 is 54.0 Å². The van der Waals surface area contributed by atoms with Crippen LogP contribution in [0.3, 0.4) is 0 Å². The van der Waals surface area contributed by atoms with Crippen molar-refractivity contribution in [1.82, 2.24) is 29.2 Å². The number of anilines is 2. The molecule has 4 aromatic heterocycles. The molecule has 2 saturated carbocycles. The van der Waals surface area contributed by atoms with Gasteiger partial charge in [0.25, 0.3) is 0 Å². The Hall–Kier alpha value is -5.15. The standard InChI is InChI=1S/C37H44N10O9/c38-15-36(27-11-9-23-33(40)42-17-44-46(23)27)31(50)29(48)25(55-36)13-19-1-5-21(6-2-19)53-35(52)54-22-7-3-20(4-8-22)14-26-30(49)32(51)37(16-39,56-26)28-12-10-24-34(41)43-18-45-47(24)28/h9-12,17-22,25-26,29-32,48-51H,1-8,13-14H2,(H2,40,42,44)(H2,41,43,45)/t19?,20?,21?,22?,25-,26-,29-,30-,31-,32-,36+,37+/m1/s1. The fraction of sp³-hybridized carbons (Fsp3) is 0.595. The summed E-state index contributed by atoms with van der Waals surface area (Å²) < 4.78 is 26.5. The van der Waals surface area contributed by atoms with Gasteiger partial charge in [-0.1, -0.05) is 0 Å². The Morgan fingerprint density at radius 3 is 1.48 bits per heavy atom. The molecule has 296 valence electrons. The molecule has 4 aromatic rings. The first-order chi connectivity index (χ1) is 27.0. The van der Waals surface area contributed by atoms with Gasteiger partial charge in [0.1, 0.15) is 72.5 Å². The second kappa shape index (κ2) is 14.7. The molecule has 0 bridgehead atoms. The van der Waals surface area contributed by atoms with Gasteiger partial charge in [0.05, 0.1) is 23.6 Å². The van der Waals surface area contributed by atoms with E-state index in [0.717, 1.165) is 0 Å². The fourth-order valence-electron chi connectivity index (χ4n) is 9.14. The first-order valence-electron chi connectivity index (χ1n) is 18.9. The topological polar surface area (TPSA) is 295 Å². The number of nitrogen functional groups attached to an aromatic ring is 2. The van der Waals surface area contributed by atoms with Gasteiger partial charge >= 0.3 is 6.16 Å². The van der Waals surface area contributed by atoms with E-state index in [1.165, 1.54) is 21.7 Å². The molecule has 19 heteroatoms. The van der Waals surface area contributed by atoms with E-state index in [1.807, 2.05) is 0 Å². The van der Waals surface area contributed by atoms with Gasteiger partial charge in [0.15, 0.2) is 11.6 Å². The van der Waals surface area contributed by atoms with Gasteiger partial charge in [-0.3, -0.25) is 0 Å². The van der Waals surface area contributed by atoms with Crippen LogP contribution in [-0.2, 0) is 30.1 Å². The summed E-state index contributed by atoms with van der Waals surface area (Å²) in [6, 6.07) is 10.6. The minimum absolute atomic E-state index is 0.0990. The molecule has 0 unspecified atom stereocenters. The average Bonchev–Trinajstić information content (AvgIpc) is 3.95. The molecular weight excluding hydrogens is 728 g/mol. The number of fused-ring (bicyclic) bond motifs is 2. The molecule has 6 heterocycles. The van der Waals surface area contributed by atoms with Crippen LogP contribution in [0.25, 0.3) is 11.0 Å². The Kier molecular flexibility index (Phi) is 9.94. The molecule has 4 aliphatic rings. The zero-order chi connectivity index (χ0) is 39.4. The first kappa shape index (κ1) is 37.8. The maximum Gasteiger partial charge on any atom is 0.508 e. The lowest BCUT2D eigenvalue weighted by Gasteiger charge is -2.32. The lowest BCUT2D eigenvalue weighted by Crippen LogP contribution is -2.40. The lowest BCUT2D eigenvalue weighted by molar-refractivity contribution is -0.0629. The summed E-state index contributed by atoms with van der Waals surface area (Å²) in [4.78, 5) is 20.7. The number of carbonyl (C=O) groups is 1. The van der Waals surface area contributed by atoms with E-state index in [4.69, 9.17) is 30.4 Å². The maximum absolute atomic E-state index is 12.8. The minimum atomic E-state index is -1.86. The van der Waals surface area contributed by atoms with Crippen LogP contribution in [0.4, 0.5) is 16.4 Å². The Morgan fingerprint density at radius 2 is 1.11 bits per heavy atom. The van der Waals surface area contributed by atoms with Gasteiger partial charge in [-0.2, -0.15) is 20.7 Å². The summed E-state index contributed by atoms with van der Waals surface area (Å²) in [5.41, 5.74) is 9.57. The van der Waals surface area contributed by atoms with Crippen molar-refractivity contribution < 1.29 is 44.2 Å². The number of hydrogen-bond donors (Lipinski definition) is 6. The third kappa shape index (κ3) is 6.34. The number of ether oxygens (including phenoxy) is 4. The van der Waals surface area contributed by atoms with Crippen molar-refractivity contribution in [3.8, 4) is 12.1 Å². The third-order valence-electron chi connectivity index (χ3n) is 12.2. The molecule has 0 radical (unpaired) electrons. The van der Waals surface area contributed by atoms with Crippen molar-refractivity contribution in [2.24, 2.45) is 11.8 Å². The molecular formula is C37H44N10O9. The van der Waals surface area contributed by atoms with Gasteiger partial charge in [-0.05, 0) is 100 Å².